The molecule has 0 spiro atoms. The number of hydroxylamine groups is 3. The molecule has 0 saturated heterocycles. The van der Waals surface area contributed by atoms with Crippen molar-refractivity contribution in [1.29, 1.82) is 0 Å². The van der Waals surface area contributed by atoms with E-state index in [2.05, 4.69) is 0 Å². The molecule has 1 rings (SSSR count). The van der Waals surface area contributed by atoms with Crippen LogP contribution in [-0.2, 0) is 4.74 Å². The van der Waals surface area contributed by atoms with Crippen LogP contribution in [0.5, 0.6) is 0 Å². The summed E-state index contributed by atoms with van der Waals surface area (Å²) < 4.78 is 4.70. The van der Waals surface area contributed by atoms with Crippen LogP contribution in [0, 0.1) is 5.21 Å². The zero-order valence-corrected chi connectivity index (χ0v) is 11.9. The number of nitrogen functional groups attached to an aromatic ring is 1. The minimum absolute atomic E-state index is 0.0741. The van der Waals surface area contributed by atoms with E-state index < -0.39 is 5.97 Å². The van der Waals surface area contributed by atoms with Crippen LogP contribution in [0.15, 0.2) is 18.2 Å². The molecule has 0 amide bonds. The largest absolute Gasteiger partial charge is 0.633 e. The van der Waals surface area contributed by atoms with E-state index in [9.17, 15) is 10.0 Å². The summed E-state index contributed by atoms with van der Waals surface area (Å²) in [6.45, 7) is 4.85. The van der Waals surface area contributed by atoms with Crippen LogP contribution in [0.1, 0.15) is 24.2 Å². The molecule has 0 heterocycles. The summed E-state index contributed by atoms with van der Waals surface area (Å²) in [5, 5.41) is 12.2. The number of esters is 1. The van der Waals surface area contributed by atoms with Gasteiger partial charge in [0.1, 0.15) is 13.2 Å². The van der Waals surface area contributed by atoms with Crippen molar-refractivity contribution in [2.75, 3.05) is 32.0 Å². The van der Waals surface area contributed by atoms with E-state index in [1.807, 2.05) is 13.8 Å². The summed E-state index contributed by atoms with van der Waals surface area (Å²) in [4.78, 5) is 11.8. The highest BCUT2D eigenvalue weighted by Gasteiger charge is 2.15. The second kappa shape index (κ2) is 6.75. The number of likely N-dealkylation sites (N-methyl/N-ethyl adjacent to an activating group) is 1. The molecule has 5 nitrogen and oxygen atoms in total. The van der Waals surface area contributed by atoms with Gasteiger partial charge in [-0.15, -0.1) is 0 Å². The lowest BCUT2D eigenvalue weighted by Gasteiger charge is -2.40. The van der Waals surface area contributed by atoms with Gasteiger partial charge in [-0.3, -0.25) is 0 Å². The molecular formula is C13H19ClN2O3. The van der Waals surface area contributed by atoms with Crippen LogP contribution in [-0.4, -0.2) is 36.9 Å². The molecule has 6 heteroatoms. The van der Waals surface area contributed by atoms with Gasteiger partial charge in [-0.25, -0.2) is 4.79 Å². The molecule has 0 atom stereocenters. The number of hydrogen-bond acceptors (Lipinski definition) is 4. The van der Waals surface area contributed by atoms with Gasteiger partial charge in [-0.2, -0.15) is 0 Å². The van der Waals surface area contributed by atoms with Gasteiger partial charge in [0.15, 0.2) is 0 Å². The Hall–Kier alpha value is -1.30. The van der Waals surface area contributed by atoms with Crippen LogP contribution in [0.4, 0.5) is 5.69 Å². The molecule has 0 fully saturated rings. The van der Waals surface area contributed by atoms with Crippen molar-refractivity contribution in [3.05, 3.63) is 34.0 Å². The fourth-order valence-electron chi connectivity index (χ4n) is 1.62. The maximum Gasteiger partial charge on any atom is 0.339 e. The first-order valence-corrected chi connectivity index (χ1v) is 6.59. The van der Waals surface area contributed by atoms with Crippen LogP contribution >= 0.6 is 11.6 Å². The average Bonchev–Trinajstić information content (AvgIpc) is 2.38. The number of benzene rings is 1. The molecule has 0 aliphatic carbocycles. The quantitative estimate of drug-likeness (QED) is 0.377. The smallest absolute Gasteiger partial charge is 0.339 e. The number of rotatable bonds is 6. The van der Waals surface area contributed by atoms with Crippen LogP contribution in [0.3, 0.4) is 0 Å². The molecule has 0 aromatic heterocycles. The Bertz CT molecular complexity index is 448. The Balaban J connectivity index is 2.56. The van der Waals surface area contributed by atoms with Crippen LogP contribution in [0.25, 0.3) is 0 Å². The highest BCUT2D eigenvalue weighted by atomic mass is 35.5. The lowest BCUT2D eigenvalue weighted by atomic mass is 10.2. The van der Waals surface area contributed by atoms with Gasteiger partial charge in [0, 0.05) is 5.69 Å². The van der Waals surface area contributed by atoms with E-state index in [1.165, 1.54) is 12.1 Å². The van der Waals surface area contributed by atoms with Crippen molar-refractivity contribution in [2.45, 2.75) is 13.8 Å². The van der Waals surface area contributed by atoms with Crippen molar-refractivity contribution in [2.24, 2.45) is 0 Å². The predicted octanol–water partition coefficient (Wildman–Crippen LogP) is 2.43. The van der Waals surface area contributed by atoms with E-state index in [1.54, 1.807) is 6.07 Å². The molecule has 0 aliphatic heterocycles. The lowest BCUT2D eigenvalue weighted by molar-refractivity contribution is -0.877. The Morgan fingerprint density at radius 2 is 2.05 bits per heavy atom. The summed E-state index contributed by atoms with van der Waals surface area (Å²) in [5.74, 6) is -0.538. The average molecular weight is 287 g/mol. The highest BCUT2D eigenvalue weighted by Crippen LogP contribution is 2.20. The van der Waals surface area contributed by atoms with Crippen molar-refractivity contribution >= 4 is 23.3 Å². The second-order valence-electron chi connectivity index (χ2n) is 4.29. The van der Waals surface area contributed by atoms with E-state index in [0.717, 1.165) is 0 Å². The highest BCUT2D eigenvalue weighted by molar-refractivity contribution is 6.33. The number of ether oxygens (including phenoxy) is 1. The molecular weight excluding hydrogens is 268 g/mol. The zero-order chi connectivity index (χ0) is 14.5. The lowest BCUT2D eigenvalue weighted by Crippen LogP contribution is -2.44. The van der Waals surface area contributed by atoms with Gasteiger partial charge in [-0.05, 0) is 32.0 Å². The summed E-state index contributed by atoms with van der Waals surface area (Å²) in [7, 11) is 0. The Morgan fingerprint density at radius 3 is 2.58 bits per heavy atom. The third kappa shape index (κ3) is 4.38. The first-order valence-electron chi connectivity index (χ1n) is 6.21. The van der Waals surface area contributed by atoms with Gasteiger partial charge in [-0.1, -0.05) is 11.6 Å². The number of carbonyl (C=O) groups is 1. The minimum atomic E-state index is -0.538. The molecule has 0 saturated carbocycles. The Labute approximate surface area is 118 Å². The first kappa shape index (κ1) is 15.8. The molecule has 106 valence electrons. The van der Waals surface area contributed by atoms with Crippen molar-refractivity contribution < 1.29 is 14.2 Å². The number of quaternary nitrogens is 1. The maximum atomic E-state index is 12.0. The second-order valence-corrected chi connectivity index (χ2v) is 4.70. The number of halogens is 1. The number of hydrogen-bond donors (Lipinski definition) is 1. The minimum Gasteiger partial charge on any atom is -0.633 e. The molecule has 2 N–H and O–H groups in total. The fraction of sp³-hybridized carbons (Fsp3) is 0.462. The molecule has 0 aliphatic rings. The SMILES string of the molecule is CC[N+]([O-])(CC)CCOC(=O)c1ccc(N)cc1Cl. The van der Waals surface area contributed by atoms with Gasteiger partial charge >= 0.3 is 5.97 Å². The van der Waals surface area contributed by atoms with Crippen LogP contribution in [0.2, 0.25) is 5.02 Å². The molecule has 0 unspecified atom stereocenters. The van der Waals surface area contributed by atoms with E-state index in [4.69, 9.17) is 22.1 Å². The van der Waals surface area contributed by atoms with Gasteiger partial charge in [0.25, 0.3) is 0 Å². The topological polar surface area (TPSA) is 75.4 Å². The standard InChI is InChI=1S/C13H19ClN2O3/c1-3-16(18,4-2)7-8-19-13(17)11-6-5-10(15)9-12(11)14/h5-6,9H,3-4,7-8,15H2,1-2H3. The fourth-order valence-corrected chi connectivity index (χ4v) is 1.89. The summed E-state index contributed by atoms with van der Waals surface area (Å²) >= 11 is 5.90. The monoisotopic (exact) mass is 286 g/mol. The number of nitrogens with two attached hydrogens (primary N) is 1. The van der Waals surface area contributed by atoms with E-state index in [-0.39, 0.29) is 28.4 Å². The first-order chi connectivity index (χ1) is 8.91. The third-order valence-electron chi connectivity index (χ3n) is 3.10. The van der Waals surface area contributed by atoms with E-state index >= 15 is 0 Å². The molecule has 0 bridgehead atoms. The third-order valence-corrected chi connectivity index (χ3v) is 3.41. The number of anilines is 1. The predicted molar refractivity (Wildman–Crippen MR) is 75.7 cm³/mol. The van der Waals surface area contributed by atoms with E-state index in [0.29, 0.717) is 18.8 Å². The summed E-state index contributed by atoms with van der Waals surface area (Å²) in [6, 6.07) is 4.58. The summed E-state index contributed by atoms with van der Waals surface area (Å²) in [6.07, 6.45) is 0. The molecule has 19 heavy (non-hydrogen) atoms. The Morgan fingerprint density at radius 1 is 1.42 bits per heavy atom. The van der Waals surface area contributed by atoms with Crippen molar-refractivity contribution in [3.63, 3.8) is 0 Å². The van der Waals surface area contributed by atoms with Gasteiger partial charge in [0.05, 0.1) is 23.7 Å². The number of carbonyl (C=O) groups excluding carboxylic acids is 1. The summed E-state index contributed by atoms with van der Waals surface area (Å²) in [5.41, 5.74) is 6.28. The van der Waals surface area contributed by atoms with Crippen molar-refractivity contribution in [1.82, 2.24) is 0 Å². The van der Waals surface area contributed by atoms with Gasteiger partial charge < -0.3 is 20.3 Å². The molecule has 0 radical (unpaired) electrons. The maximum absolute atomic E-state index is 12.0. The molecule has 1 aromatic carbocycles. The van der Waals surface area contributed by atoms with Crippen LogP contribution < -0.4 is 5.73 Å². The molecule has 1 aromatic rings. The number of nitrogens with zero attached hydrogens (tertiary/aromatic N) is 1. The normalized spacial score (nSPS) is 11.4. The Kier molecular flexibility index (Phi) is 5.60. The van der Waals surface area contributed by atoms with Gasteiger partial charge in [0.2, 0.25) is 0 Å². The van der Waals surface area contributed by atoms with Crippen molar-refractivity contribution in [3.8, 4) is 0 Å². The zero-order valence-electron chi connectivity index (χ0n) is 11.2.